The largest absolute Gasteiger partial charge is 0.394 e. The number of hydrogen-bond donors (Lipinski definition) is 2. The molecule has 3 heteroatoms. The molecule has 2 N–H and O–H groups in total. The Labute approximate surface area is 129 Å². The molecule has 0 aromatic heterocycles. The number of likely N-dealkylation sites (N-methyl/N-ethyl adjacent to an activating group) is 1. The molecule has 0 amide bonds. The van der Waals surface area contributed by atoms with Crippen molar-refractivity contribution in [2.24, 2.45) is 5.92 Å². The monoisotopic (exact) mass is 293 g/mol. The van der Waals surface area contributed by atoms with Crippen LogP contribution in [0, 0.1) is 5.92 Å². The maximum Gasteiger partial charge on any atom is 0.0903 e. The molecule has 2 atom stereocenters. The summed E-state index contributed by atoms with van der Waals surface area (Å²) in [6, 6.07) is 10.0. The SMILES string of the molecule is CCCCC(CC)COCC(CO)(NC)c1ccccc1. The highest BCUT2D eigenvalue weighted by molar-refractivity contribution is 5.24. The molecule has 0 aliphatic heterocycles. The van der Waals surface area contributed by atoms with E-state index in [0.29, 0.717) is 12.5 Å². The number of nitrogens with one attached hydrogen (secondary N) is 1. The number of ether oxygens (including phenoxy) is 1. The van der Waals surface area contributed by atoms with Crippen LogP contribution in [-0.4, -0.2) is 32.0 Å². The Morgan fingerprint density at radius 1 is 1.24 bits per heavy atom. The van der Waals surface area contributed by atoms with Gasteiger partial charge in [-0.2, -0.15) is 0 Å². The quantitative estimate of drug-likeness (QED) is 0.657. The van der Waals surface area contributed by atoms with Crippen molar-refractivity contribution in [1.82, 2.24) is 5.32 Å². The lowest BCUT2D eigenvalue weighted by Crippen LogP contribution is -2.47. The Morgan fingerprint density at radius 2 is 1.95 bits per heavy atom. The van der Waals surface area contributed by atoms with E-state index in [1.165, 1.54) is 19.3 Å². The molecule has 0 spiro atoms. The molecule has 0 saturated heterocycles. The van der Waals surface area contributed by atoms with Gasteiger partial charge in [0.1, 0.15) is 0 Å². The molecule has 2 unspecified atom stereocenters. The first-order valence-electron chi connectivity index (χ1n) is 8.15. The van der Waals surface area contributed by atoms with E-state index in [-0.39, 0.29) is 6.61 Å². The second-order valence-electron chi connectivity index (χ2n) is 5.79. The van der Waals surface area contributed by atoms with Crippen molar-refractivity contribution in [3.05, 3.63) is 35.9 Å². The Balaban J connectivity index is 2.59. The summed E-state index contributed by atoms with van der Waals surface area (Å²) in [5.41, 5.74) is 0.557. The first-order valence-corrected chi connectivity index (χ1v) is 8.15. The highest BCUT2D eigenvalue weighted by Gasteiger charge is 2.30. The van der Waals surface area contributed by atoms with E-state index >= 15 is 0 Å². The van der Waals surface area contributed by atoms with E-state index < -0.39 is 5.54 Å². The van der Waals surface area contributed by atoms with Crippen LogP contribution in [0.25, 0.3) is 0 Å². The molecule has 0 saturated carbocycles. The maximum absolute atomic E-state index is 9.85. The van der Waals surface area contributed by atoms with Gasteiger partial charge >= 0.3 is 0 Å². The summed E-state index contributed by atoms with van der Waals surface area (Å²) < 4.78 is 5.96. The molecule has 1 aromatic carbocycles. The van der Waals surface area contributed by atoms with Crippen LogP contribution in [0.1, 0.15) is 45.1 Å². The highest BCUT2D eigenvalue weighted by atomic mass is 16.5. The molecular weight excluding hydrogens is 262 g/mol. The molecule has 0 radical (unpaired) electrons. The van der Waals surface area contributed by atoms with Gasteiger partial charge in [0.2, 0.25) is 0 Å². The van der Waals surface area contributed by atoms with E-state index in [1.54, 1.807) is 0 Å². The minimum atomic E-state index is -0.510. The normalized spacial score (nSPS) is 15.6. The summed E-state index contributed by atoms with van der Waals surface area (Å²) in [4.78, 5) is 0. The number of aliphatic hydroxyl groups excluding tert-OH is 1. The van der Waals surface area contributed by atoms with Crippen LogP contribution in [0.2, 0.25) is 0 Å². The minimum absolute atomic E-state index is 0.0270. The summed E-state index contributed by atoms with van der Waals surface area (Å²) in [5, 5.41) is 13.1. The molecular formula is C18H31NO2. The number of aliphatic hydroxyl groups is 1. The zero-order valence-corrected chi connectivity index (χ0v) is 13.8. The van der Waals surface area contributed by atoms with Crippen molar-refractivity contribution >= 4 is 0 Å². The number of unbranched alkanes of at least 4 members (excludes halogenated alkanes) is 1. The lowest BCUT2D eigenvalue weighted by atomic mass is 9.91. The van der Waals surface area contributed by atoms with Gasteiger partial charge in [-0.3, -0.25) is 0 Å². The van der Waals surface area contributed by atoms with E-state index in [1.807, 2.05) is 37.4 Å². The third kappa shape index (κ3) is 5.42. The van der Waals surface area contributed by atoms with Crippen LogP contribution >= 0.6 is 0 Å². The first kappa shape index (κ1) is 18.1. The Bertz CT molecular complexity index is 363. The lowest BCUT2D eigenvalue weighted by molar-refractivity contribution is 0.0192. The van der Waals surface area contributed by atoms with Gasteiger partial charge in [0.25, 0.3) is 0 Å². The summed E-state index contributed by atoms with van der Waals surface area (Å²) in [5.74, 6) is 0.619. The van der Waals surface area contributed by atoms with Gasteiger partial charge in [-0.1, -0.05) is 63.4 Å². The van der Waals surface area contributed by atoms with E-state index in [4.69, 9.17) is 4.74 Å². The van der Waals surface area contributed by atoms with Gasteiger partial charge < -0.3 is 15.2 Å². The first-order chi connectivity index (χ1) is 10.2. The van der Waals surface area contributed by atoms with Gasteiger partial charge in [0.05, 0.1) is 18.8 Å². The van der Waals surface area contributed by atoms with E-state index in [2.05, 4.69) is 19.2 Å². The molecule has 1 aromatic rings. The molecule has 21 heavy (non-hydrogen) atoms. The predicted octanol–water partition coefficient (Wildman–Crippen LogP) is 3.33. The standard InChI is InChI=1S/C18H31NO2/c1-4-6-10-16(5-2)13-21-15-18(14-20,19-3)17-11-8-7-9-12-17/h7-9,11-12,16,19-20H,4-6,10,13-15H2,1-3H3. The zero-order chi connectivity index (χ0) is 15.6. The molecule has 3 nitrogen and oxygen atoms in total. The molecule has 0 fully saturated rings. The molecule has 0 aliphatic carbocycles. The Morgan fingerprint density at radius 3 is 2.48 bits per heavy atom. The molecule has 0 bridgehead atoms. The van der Waals surface area contributed by atoms with Crippen molar-refractivity contribution in [2.75, 3.05) is 26.9 Å². The van der Waals surface area contributed by atoms with Gasteiger partial charge in [-0.05, 0) is 24.9 Å². The van der Waals surface area contributed by atoms with Crippen LogP contribution in [-0.2, 0) is 10.3 Å². The average molecular weight is 293 g/mol. The number of rotatable bonds is 11. The Kier molecular flexibility index (Phi) is 8.58. The fraction of sp³-hybridized carbons (Fsp3) is 0.667. The van der Waals surface area contributed by atoms with Crippen molar-refractivity contribution in [3.8, 4) is 0 Å². The topological polar surface area (TPSA) is 41.5 Å². The molecule has 120 valence electrons. The second-order valence-corrected chi connectivity index (χ2v) is 5.79. The van der Waals surface area contributed by atoms with Crippen molar-refractivity contribution in [1.29, 1.82) is 0 Å². The number of hydrogen-bond acceptors (Lipinski definition) is 3. The van der Waals surface area contributed by atoms with Crippen LogP contribution in [0.3, 0.4) is 0 Å². The third-order valence-electron chi connectivity index (χ3n) is 4.32. The average Bonchev–Trinajstić information content (AvgIpc) is 2.55. The second kappa shape index (κ2) is 9.93. The van der Waals surface area contributed by atoms with Gasteiger partial charge in [-0.25, -0.2) is 0 Å². The predicted molar refractivity (Wildman–Crippen MR) is 88.4 cm³/mol. The van der Waals surface area contributed by atoms with Gasteiger partial charge in [0.15, 0.2) is 0 Å². The molecule has 1 rings (SSSR count). The van der Waals surface area contributed by atoms with Gasteiger partial charge in [-0.15, -0.1) is 0 Å². The zero-order valence-electron chi connectivity index (χ0n) is 13.8. The summed E-state index contributed by atoms with van der Waals surface area (Å²) in [6.45, 7) is 5.73. The summed E-state index contributed by atoms with van der Waals surface area (Å²) in [7, 11) is 1.88. The van der Waals surface area contributed by atoms with Crippen LogP contribution in [0.4, 0.5) is 0 Å². The van der Waals surface area contributed by atoms with Crippen molar-refractivity contribution in [2.45, 2.75) is 45.1 Å². The summed E-state index contributed by atoms with van der Waals surface area (Å²) >= 11 is 0. The Hall–Kier alpha value is -0.900. The fourth-order valence-corrected chi connectivity index (χ4v) is 2.57. The van der Waals surface area contributed by atoms with Crippen molar-refractivity contribution < 1.29 is 9.84 Å². The lowest BCUT2D eigenvalue weighted by Gasteiger charge is -2.32. The molecule has 0 aliphatic rings. The smallest absolute Gasteiger partial charge is 0.0903 e. The number of benzene rings is 1. The minimum Gasteiger partial charge on any atom is -0.394 e. The van der Waals surface area contributed by atoms with Crippen LogP contribution < -0.4 is 5.32 Å². The molecule has 0 heterocycles. The van der Waals surface area contributed by atoms with Crippen LogP contribution in [0.5, 0.6) is 0 Å². The third-order valence-corrected chi connectivity index (χ3v) is 4.32. The van der Waals surface area contributed by atoms with E-state index in [9.17, 15) is 5.11 Å². The highest BCUT2D eigenvalue weighted by Crippen LogP contribution is 2.22. The van der Waals surface area contributed by atoms with Crippen molar-refractivity contribution in [3.63, 3.8) is 0 Å². The maximum atomic E-state index is 9.85. The van der Waals surface area contributed by atoms with Gasteiger partial charge in [0, 0.05) is 6.61 Å². The van der Waals surface area contributed by atoms with E-state index in [0.717, 1.165) is 18.6 Å². The van der Waals surface area contributed by atoms with Crippen LogP contribution in [0.15, 0.2) is 30.3 Å². The summed E-state index contributed by atoms with van der Waals surface area (Å²) in [6.07, 6.45) is 4.87. The fourth-order valence-electron chi connectivity index (χ4n) is 2.57.